The summed E-state index contributed by atoms with van der Waals surface area (Å²) >= 11 is 0. The molecule has 0 atom stereocenters. The zero-order chi connectivity index (χ0) is 16.5. The van der Waals surface area contributed by atoms with Crippen LogP contribution in [0.4, 0.5) is 11.4 Å². The molecule has 1 aromatic heterocycles. The summed E-state index contributed by atoms with van der Waals surface area (Å²) in [6.45, 7) is 6.38. The molecule has 2 aromatic carbocycles. The molecule has 0 aliphatic carbocycles. The van der Waals surface area contributed by atoms with Crippen LogP contribution in [0, 0.1) is 0 Å². The van der Waals surface area contributed by atoms with Crippen molar-refractivity contribution >= 4 is 33.2 Å². The first-order valence-corrected chi connectivity index (χ1v) is 8.93. The topological polar surface area (TPSA) is 70.0 Å². The molecular weight excluding hydrogens is 298 g/mol. The highest BCUT2D eigenvalue weighted by atomic mass is 15.2. The van der Waals surface area contributed by atoms with Gasteiger partial charge in [-0.3, -0.25) is 0 Å². The summed E-state index contributed by atoms with van der Waals surface area (Å²) < 4.78 is 0. The summed E-state index contributed by atoms with van der Waals surface area (Å²) in [7, 11) is 0. The number of H-pyrrole nitrogens is 1. The van der Waals surface area contributed by atoms with Gasteiger partial charge in [-0.2, -0.15) is 0 Å². The number of hydrogen-bond acceptors (Lipinski definition) is 4. The van der Waals surface area contributed by atoms with Crippen LogP contribution in [0.15, 0.2) is 24.3 Å². The maximum Gasteiger partial charge on any atom is 0.107 e. The van der Waals surface area contributed by atoms with Crippen molar-refractivity contribution in [3.8, 4) is 0 Å². The number of anilines is 2. The van der Waals surface area contributed by atoms with Crippen molar-refractivity contribution in [3.05, 3.63) is 30.1 Å². The molecular formula is C19H25N5. The highest BCUT2D eigenvalue weighted by Gasteiger charge is 2.14. The molecule has 0 radical (unpaired) electrons. The number of nitrogens with two attached hydrogens (primary N) is 1. The zero-order valence-electron chi connectivity index (χ0n) is 14.2. The summed E-state index contributed by atoms with van der Waals surface area (Å²) in [6, 6.07) is 8.69. The number of nitrogens with one attached hydrogen (secondary N) is 2. The van der Waals surface area contributed by atoms with Crippen LogP contribution in [0.1, 0.15) is 25.6 Å². The molecule has 5 nitrogen and oxygen atoms in total. The number of fused-ring (bicyclic) bond motifs is 3. The number of aromatic nitrogens is 2. The maximum absolute atomic E-state index is 6.26. The molecule has 0 spiro atoms. The Morgan fingerprint density at radius 2 is 2.04 bits per heavy atom. The van der Waals surface area contributed by atoms with Crippen molar-refractivity contribution in [2.45, 2.75) is 26.2 Å². The van der Waals surface area contributed by atoms with E-state index in [0.717, 1.165) is 67.0 Å². The van der Waals surface area contributed by atoms with Crippen LogP contribution < -0.4 is 16.0 Å². The van der Waals surface area contributed by atoms with E-state index in [1.165, 1.54) is 17.5 Å². The first kappa shape index (κ1) is 15.3. The van der Waals surface area contributed by atoms with Gasteiger partial charge in [0.15, 0.2) is 0 Å². The Hall–Kier alpha value is -2.27. The summed E-state index contributed by atoms with van der Waals surface area (Å²) in [5.41, 5.74) is 10.3. The average molecular weight is 323 g/mol. The first-order chi connectivity index (χ1) is 11.8. The molecule has 3 aromatic rings. The lowest BCUT2D eigenvalue weighted by atomic mass is 10.1. The molecule has 1 aliphatic heterocycles. The molecule has 24 heavy (non-hydrogen) atoms. The van der Waals surface area contributed by atoms with Crippen molar-refractivity contribution < 1.29 is 0 Å². The number of nitrogen functional groups attached to an aromatic ring is 1. The average Bonchev–Trinajstić information content (AvgIpc) is 3.06. The van der Waals surface area contributed by atoms with Crippen LogP contribution in [-0.4, -0.2) is 36.1 Å². The fourth-order valence-electron chi connectivity index (χ4n) is 3.52. The molecule has 1 aliphatic rings. The van der Waals surface area contributed by atoms with Gasteiger partial charge in [0.2, 0.25) is 0 Å². The number of piperazine rings is 1. The lowest BCUT2D eigenvalue weighted by molar-refractivity contribution is 0.589. The molecule has 2 heterocycles. The van der Waals surface area contributed by atoms with Gasteiger partial charge in [-0.1, -0.05) is 19.4 Å². The van der Waals surface area contributed by atoms with Gasteiger partial charge in [-0.25, -0.2) is 4.98 Å². The standard InChI is InChI=1S/C19H25N5/c1-2-3-4-17-22-18-15-12-14(24-9-7-21-8-10-24)6-5-13(15)11-16(20)19(18)23-17/h5-6,11-12,21H,2-4,7-10,20H2,1H3,(H,22,23). The molecule has 0 amide bonds. The normalized spacial score (nSPS) is 15.5. The van der Waals surface area contributed by atoms with E-state index < -0.39 is 0 Å². The molecule has 5 heteroatoms. The summed E-state index contributed by atoms with van der Waals surface area (Å²) in [5.74, 6) is 1.04. The second-order valence-electron chi connectivity index (χ2n) is 6.62. The minimum Gasteiger partial charge on any atom is -0.397 e. The minimum absolute atomic E-state index is 0.780. The number of nitrogens with zero attached hydrogens (tertiary/aromatic N) is 2. The van der Waals surface area contributed by atoms with E-state index >= 15 is 0 Å². The van der Waals surface area contributed by atoms with Crippen LogP contribution in [-0.2, 0) is 6.42 Å². The van der Waals surface area contributed by atoms with Crippen LogP contribution in [0.25, 0.3) is 21.8 Å². The first-order valence-electron chi connectivity index (χ1n) is 8.93. The van der Waals surface area contributed by atoms with E-state index in [0.29, 0.717) is 0 Å². The van der Waals surface area contributed by atoms with Gasteiger partial charge >= 0.3 is 0 Å². The van der Waals surface area contributed by atoms with Crippen LogP contribution in [0.2, 0.25) is 0 Å². The Labute approximate surface area is 142 Å². The van der Waals surface area contributed by atoms with Crippen molar-refractivity contribution in [3.63, 3.8) is 0 Å². The largest absolute Gasteiger partial charge is 0.397 e. The monoisotopic (exact) mass is 323 g/mol. The molecule has 1 saturated heterocycles. The molecule has 4 N–H and O–H groups in total. The van der Waals surface area contributed by atoms with Gasteiger partial charge in [0.1, 0.15) is 5.82 Å². The molecule has 0 unspecified atom stereocenters. The lowest BCUT2D eigenvalue weighted by Crippen LogP contribution is -2.43. The molecule has 1 fully saturated rings. The van der Waals surface area contributed by atoms with Crippen LogP contribution >= 0.6 is 0 Å². The number of aryl methyl sites for hydroxylation is 1. The van der Waals surface area contributed by atoms with Gasteiger partial charge < -0.3 is 20.9 Å². The van der Waals surface area contributed by atoms with Crippen molar-refractivity contribution in [2.24, 2.45) is 0 Å². The van der Waals surface area contributed by atoms with E-state index in [1.54, 1.807) is 0 Å². The van der Waals surface area contributed by atoms with E-state index in [2.05, 4.69) is 46.4 Å². The Morgan fingerprint density at radius 3 is 2.83 bits per heavy atom. The van der Waals surface area contributed by atoms with Crippen molar-refractivity contribution in [1.29, 1.82) is 0 Å². The Balaban J connectivity index is 1.82. The van der Waals surface area contributed by atoms with Crippen LogP contribution in [0.5, 0.6) is 0 Å². The minimum atomic E-state index is 0.780. The smallest absolute Gasteiger partial charge is 0.107 e. The third kappa shape index (κ3) is 2.69. The van der Waals surface area contributed by atoms with Gasteiger partial charge in [-0.05, 0) is 30.0 Å². The van der Waals surface area contributed by atoms with Gasteiger partial charge in [0.05, 0.1) is 16.7 Å². The number of rotatable bonds is 4. The highest BCUT2D eigenvalue weighted by molar-refractivity contribution is 6.10. The number of aromatic amines is 1. The summed E-state index contributed by atoms with van der Waals surface area (Å²) in [6.07, 6.45) is 3.29. The fourth-order valence-corrected chi connectivity index (χ4v) is 3.52. The molecule has 0 bridgehead atoms. The highest BCUT2D eigenvalue weighted by Crippen LogP contribution is 2.32. The fraction of sp³-hybridized carbons (Fsp3) is 0.421. The second kappa shape index (κ2) is 6.32. The summed E-state index contributed by atoms with van der Waals surface area (Å²) in [4.78, 5) is 10.7. The Kier molecular flexibility index (Phi) is 4.02. The SMILES string of the molecule is CCCCc1nc2c([nH]1)c(N)cc1ccc(N3CCNCC3)cc12. The molecule has 4 rings (SSSR count). The van der Waals surface area contributed by atoms with E-state index in [4.69, 9.17) is 10.7 Å². The van der Waals surface area contributed by atoms with E-state index in [9.17, 15) is 0 Å². The number of imidazole rings is 1. The second-order valence-corrected chi connectivity index (χ2v) is 6.62. The van der Waals surface area contributed by atoms with Crippen LogP contribution in [0.3, 0.4) is 0 Å². The third-order valence-electron chi connectivity index (χ3n) is 4.89. The Bertz CT molecular complexity index is 861. The van der Waals surface area contributed by atoms with E-state index in [-0.39, 0.29) is 0 Å². The van der Waals surface area contributed by atoms with Gasteiger partial charge in [-0.15, -0.1) is 0 Å². The number of unbranched alkanes of at least 4 members (excludes halogenated alkanes) is 1. The quantitative estimate of drug-likeness (QED) is 0.646. The molecule has 126 valence electrons. The van der Waals surface area contributed by atoms with Crippen molar-refractivity contribution in [1.82, 2.24) is 15.3 Å². The zero-order valence-corrected chi connectivity index (χ0v) is 14.2. The Morgan fingerprint density at radius 1 is 1.21 bits per heavy atom. The maximum atomic E-state index is 6.26. The van der Waals surface area contributed by atoms with Crippen molar-refractivity contribution in [2.75, 3.05) is 36.8 Å². The van der Waals surface area contributed by atoms with Gasteiger partial charge in [0.25, 0.3) is 0 Å². The predicted octanol–water partition coefficient (Wildman–Crippen LogP) is 3.05. The predicted molar refractivity (Wildman–Crippen MR) is 102 cm³/mol. The third-order valence-corrected chi connectivity index (χ3v) is 4.89. The van der Waals surface area contributed by atoms with Gasteiger partial charge in [0, 0.05) is 43.7 Å². The number of hydrogen-bond donors (Lipinski definition) is 3. The number of benzene rings is 2. The van der Waals surface area contributed by atoms with E-state index in [1.807, 2.05) is 0 Å². The molecule has 0 saturated carbocycles. The lowest BCUT2D eigenvalue weighted by Gasteiger charge is -2.29. The summed E-state index contributed by atoms with van der Waals surface area (Å²) in [5, 5.41) is 5.75.